The van der Waals surface area contributed by atoms with Gasteiger partial charge in [-0.1, -0.05) is 42.0 Å². The van der Waals surface area contributed by atoms with Crippen LogP contribution in [0.25, 0.3) is 0 Å². The van der Waals surface area contributed by atoms with Crippen LogP contribution in [0.1, 0.15) is 29.5 Å². The highest BCUT2D eigenvalue weighted by Gasteiger charge is 2.44. The summed E-state index contributed by atoms with van der Waals surface area (Å²) >= 11 is 0. The fraction of sp³-hybridized carbons (Fsp3) is 0.381. The second-order valence-electron chi connectivity index (χ2n) is 7.14. The molecule has 2 aromatic carbocycles. The van der Waals surface area contributed by atoms with Gasteiger partial charge in [-0.25, -0.2) is 9.18 Å². The summed E-state index contributed by atoms with van der Waals surface area (Å²) in [6.45, 7) is 2.53. The molecule has 3 rings (SSSR count). The van der Waals surface area contributed by atoms with Crippen LogP contribution in [0.4, 0.5) is 9.18 Å². The topological polar surface area (TPSA) is 52.6 Å². The lowest BCUT2D eigenvalue weighted by Gasteiger charge is -2.26. The van der Waals surface area contributed by atoms with Crippen molar-refractivity contribution in [2.75, 3.05) is 13.2 Å². The first-order chi connectivity index (χ1) is 12.5. The molecule has 2 amide bonds. The Bertz CT molecular complexity index is 740. The summed E-state index contributed by atoms with van der Waals surface area (Å²) in [5, 5.41) is 12.4. The van der Waals surface area contributed by atoms with Crippen molar-refractivity contribution >= 4 is 6.03 Å². The molecule has 1 aliphatic rings. The third kappa shape index (κ3) is 4.82. The minimum absolute atomic E-state index is 0.112. The minimum atomic E-state index is -0.304. The highest BCUT2D eigenvalue weighted by Crippen LogP contribution is 2.38. The zero-order valence-corrected chi connectivity index (χ0v) is 15.0. The second kappa shape index (κ2) is 7.87. The fourth-order valence-corrected chi connectivity index (χ4v) is 3.08. The molecule has 2 N–H and O–H groups in total. The molecule has 0 unspecified atom stereocenters. The number of carbonyl (C=O) groups is 1. The smallest absolute Gasteiger partial charge is 0.318 e. The maximum absolute atomic E-state index is 13.1. The Kier molecular flexibility index (Phi) is 5.57. The monoisotopic (exact) mass is 356 g/mol. The minimum Gasteiger partial charge on any atom is -0.395 e. The number of hydrogen-bond acceptors (Lipinski definition) is 2. The van der Waals surface area contributed by atoms with E-state index in [4.69, 9.17) is 0 Å². The van der Waals surface area contributed by atoms with Crippen LogP contribution < -0.4 is 5.32 Å². The summed E-state index contributed by atoms with van der Waals surface area (Å²) in [5.74, 6) is -0.304. The lowest BCUT2D eigenvalue weighted by Crippen LogP contribution is -2.47. The van der Waals surface area contributed by atoms with Crippen LogP contribution in [-0.2, 0) is 13.0 Å². The zero-order chi connectivity index (χ0) is 18.6. The lowest BCUT2D eigenvalue weighted by molar-refractivity contribution is 0.169. The summed E-state index contributed by atoms with van der Waals surface area (Å²) < 4.78 is 13.1. The SMILES string of the molecule is Cc1ccc(CC2(NC(=O)N(CCO)Cc3ccc(F)cc3)CC2)cc1. The van der Waals surface area contributed by atoms with Gasteiger partial charge in [-0.2, -0.15) is 0 Å². The van der Waals surface area contributed by atoms with Crippen LogP contribution >= 0.6 is 0 Å². The molecule has 1 fully saturated rings. The number of halogens is 1. The van der Waals surface area contributed by atoms with Crippen molar-refractivity contribution in [3.05, 3.63) is 71.0 Å². The number of carbonyl (C=O) groups excluding carboxylic acids is 1. The van der Waals surface area contributed by atoms with Gasteiger partial charge in [0.15, 0.2) is 0 Å². The van der Waals surface area contributed by atoms with Crippen molar-refractivity contribution < 1.29 is 14.3 Å². The van der Waals surface area contributed by atoms with Gasteiger partial charge >= 0.3 is 6.03 Å². The number of amides is 2. The van der Waals surface area contributed by atoms with Gasteiger partial charge in [0.25, 0.3) is 0 Å². The molecule has 26 heavy (non-hydrogen) atoms. The first-order valence-corrected chi connectivity index (χ1v) is 8.98. The fourth-order valence-electron chi connectivity index (χ4n) is 3.08. The van der Waals surface area contributed by atoms with E-state index in [1.54, 1.807) is 17.0 Å². The van der Waals surface area contributed by atoms with Crippen molar-refractivity contribution in [1.29, 1.82) is 0 Å². The molecule has 5 heteroatoms. The molecule has 4 nitrogen and oxygen atoms in total. The normalized spacial score (nSPS) is 14.7. The molecule has 138 valence electrons. The molecule has 0 aromatic heterocycles. The number of rotatable bonds is 7. The van der Waals surface area contributed by atoms with Gasteiger partial charge in [0.2, 0.25) is 0 Å². The Labute approximate surface area is 153 Å². The van der Waals surface area contributed by atoms with Crippen molar-refractivity contribution in [3.63, 3.8) is 0 Å². The molecule has 0 bridgehead atoms. The molecule has 2 aromatic rings. The average molecular weight is 356 g/mol. The number of aryl methyl sites for hydroxylation is 1. The van der Waals surface area contributed by atoms with Gasteiger partial charge in [0.1, 0.15) is 5.82 Å². The van der Waals surface area contributed by atoms with Gasteiger partial charge in [0.05, 0.1) is 6.61 Å². The van der Waals surface area contributed by atoms with Gasteiger partial charge in [-0.3, -0.25) is 0 Å². The van der Waals surface area contributed by atoms with Crippen LogP contribution in [0.5, 0.6) is 0 Å². The van der Waals surface area contributed by atoms with Gasteiger partial charge < -0.3 is 15.3 Å². The predicted molar refractivity (Wildman–Crippen MR) is 99.3 cm³/mol. The Balaban J connectivity index is 1.63. The molecule has 1 aliphatic carbocycles. The molecule has 0 radical (unpaired) electrons. The Hall–Kier alpha value is -2.40. The number of benzene rings is 2. The van der Waals surface area contributed by atoms with E-state index in [1.807, 2.05) is 0 Å². The van der Waals surface area contributed by atoms with Crippen molar-refractivity contribution in [2.45, 2.75) is 38.3 Å². The van der Waals surface area contributed by atoms with Crippen molar-refractivity contribution in [3.8, 4) is 0 Å². The van der Waals surface area contributed by atoms with E-state index in [-0.39, 0.29) is 30.5 Å². The summed E-state index contributed by atoms with van der Waals surface area (Å²) in [5.41, 5.74) is 3.07. The first-order valence-electron chi connectivity index (χ1n) is 8.98. The number of aliphatic hydroxyl groups excluding tert-OH is 1. The molecule has 0 heterocycles. The van der Waals surface area contributed by atoms with Gasteiger partial charge in [0, 0.05) is 18.6 Å². The number of nitrogens with zero attached hydrogens (tertiary/aromatic N) is 1. The number of nitrogens with one attached hydrogen (secondary N) is 1. The molecular formula is C21H25FN2O2. The second-order valence-corrected chi connectivity index (χ2v) is 7.14. The van der Waals surface area contributed by atoms with E-state index in [0.29, 0.717) is 6.54 Å². The van der Waals surface area contributed by atoms with Crippen LogP contribution in [0.15, 0.2) is 48.5 Å². The van der Waals surface area contributed by atoms with Crippen LogP contribution in [0.3, 0.4) is 0 Å². The van der Waals surface area contributed by atoms with E-state index < -0.39 is 0 Å². The maximum Gasteiger partial charge on any atom is 0.318 e. The standard InChI is InChI=1S/C21H25FN2O2/c1-16-2-4-17(5-3-16)14-21(10-11-21)23-20(26)24(12-13-25)15-18-6-8-19(22)9-7-18/h2-9,25H,10-15H2,1H3,(H,23,26). The summed E-state index contributed by atoms with van der Waals surface area (Å²) in [7, 11) is 0. The zero-order valence-electron chi connectivity index (χ0n) is 15.0. The van der Waals surface area contributed by atoms with Crippen LogP contribution in [-0.4, -0.2) is 34.7 Å². The maximum atomic E-state index is 13.1. The van der Waals surface area contributed by atoms with Crippen LogP contribution in [0.2, 0.25) is 0 Å². The molecule has 0 aliphatic heterocycles. The average Bonchev–Trinajstić information content (AvgIpc) is 3.37. The van der Waals surface area contributed by atoms with E-state index >= 15 is 0 Å². The molecule has 0 atom stereocenters. The van der Waals surface area contributed by atoms with Crippen LogP contribution in [0, 0.1) is 12.7 Å². The third-order valence-electron chi connectivity index (χ3n) is 4.83. The largest absolute Gasteiger partial charge is 0.395 e. The van der Waals surface area contributed by atoms with Crippen molar-refractivity contribution in [2.24, 2.45) is 0 Å². The predicted octanol–water partition coefficient (Wildman–Crippen LogP) is 3.41. The van der Waals surface area contributed by atoms with E-state index in [9.17, 15) is 14.3 Å². The summed E-state index contributed by atoms with van der Waals surface area (Å²) in [6, 6.07) is 14.3. The summed E-state index contributed by atoms with van der Waals surface area (Å²) in [4.78, 5) is 14.3. The third-order valence-corrected chi connectivity index (χ3v) is 4.83. The lowest BCUT2D eigenvalue weighted by atomic mass is 10.0. The first kappa shape index (κ1) is 18.4. The summed E-state index contributed by atoms with van der Waals surface area (Å²) in [6.07, 6.45) is 2.72. The van der Waals surface area contributed by atoms with Gasteiger partial charge in [-0.15, -0.1) is 0 Å². The Morgan fingerprint density at radius 1 is 1.12 bits per heavy atom. The van der Waals surface area contributed by atoms with E-state index in [2.05, 4.69) is 36.5 Å². The number of aliphatic hydroxyl groups is 1. The highest BCUT2D eigenvalue weighted by atomic mass is 19.1. The Morgan fingerprint density at radius 3 is 2.31 bits per heavy atom. The van der Waals surface area contributed by atoms with Crippen molar-refractivity contribution in [1.82, 2.24) is 10.2 Å². The van der Waals surface area contributed by atoms with E-state index in [1.165, 1.54) is 23.3 Å². The Morgan fingerprint density at radius 2 is 1.73 bits per heavy atom. The van der Waals surface area contributed by atoms with Gasteiger partial charge in [-0.05, 0) is 49.4 Å². The molecule has 1 saturated carbocycles. The molecule has 0 saturated heterocycles. The number of urea groups is 1. The van der Waals surface area contributed by atoms with E-state index in [0.717, 1.165) is 24.8 Å². The number of hydrogen-bond donors (Lipinski definition) is 2. The quantitative estimate of drug-likeness (QED) is 0.799. The highest BCUT2D eigenvalue weighted by molar-refractivity contribution is 5.75. The molecule has 0 spiro atoms. The molecular weight excluding hydrogens is 331 g/mol.